The Hall–Kier alpha value is -0.930. The topological polar surface area (TPSA) is 36.4 Å². The van der Waals surface area contributed by atoms with Crippen LogP contribution in [-0.4, -0.2) is 34.2 Å². The number of piperidine rings is 1. The molecular weight excluding hydrogens is 200 g/mol. The van der Waals surface area contributed by atoms with Crippen molar-refractivity contribution >= 4 is 0 Å². The van der Waals surface area contributed by atoms with E-state index in [1.807, 2.05) is 24.4 Å². The molecule has 0 amide bonds. The van der Waals surface area contributed by atoms with Crippen LogP contribution in [0.5, 0.6) is 0 Å². The fourth-order valence-electron chi connectivity index (χ4n) is 2.53. The largest absolute Gasteiger partial charge is 0.395 e. The van der Waals surface area contributed by atoms with Crippen molar-refractivity contribution in [3.63, 3.8) is 0 Å². The van der Waals surface area contributed by atoms with Gasteiger partial charge in [0, 0.05) is 18.8 Å². The zero-order valence-electron chi connectivity index (χ0n) is 9.84. The molecule has 2 rings (SSSR count). The number of aliphatic hydroxyl groups excluding tert-OH is 1. The molecule has 3 nitrogen and oxygen atoms in total. The first kappa shape index (κ1) is 11.6. The van der Waals surface area contributed by atoms with E-state index in [1.165, 1.54) is 12.8 Å². The smallest absolute Gasteiger partial charge is 0.0589 e. The van der Waals surface area contributed by atoms with Crippen molar-refractivity contribution in [2.24, 2.45) is 5.92 Å². The zero-order valence-corrected chi connectivity index (χ0v) is 9.84. The number of pyridine rings is 1. The van der Waals surface area contributed by atoms with Crippen LogP contribution in [-0.2, 0) is 6.54 Å². The molecule has 0 aromatic carbocycles. The standard InChI is InChI=1S/C13H20N2O/c1-11-5-4-8-15(13(11)10-16)9-12-6-2-3-7-14-12/h2-3,6-7,11,13,16H,4-5,8-10H2,1H3. The van der Waals surface area contributed by atoms with Gasteiger partial charge < -0.3 is 5.11 Å². The van der Waals surface area contributed by atoms with Crippen LogP contribution >= 0.6 is 0 Å². The second-order valence-electron chi connectivity index (χ2n) is 4.66. The molecule has 1 aromatic rings. The van der Waals surface area contributed by atoms with E-state index in [1.54, 1.807) is 0 Å². The Morgan fingerprint density at radius 1 is 1.50 bits per heavy atom. The second-order valence-corrected chi connectivity index (χ2v) is 4.66. The molecule has 1 aromatic heterocycles. The van der Waals surface area contributed by atoms with Gasteiger partial charge in [-0.05, 0) is 37.4 Å². The fraction of sp³-hybridized carbons (Fsp3) is 0.615. The molecule has 1 saturated heterocycles. The summed E-state index contributed by atoms with van der Waals surface area (Å²) in [6.45, 7) is 4.42. The molecule has 1 aliphatic heterocycles. The van der Waals surface area contributed by atoms with Crippen LogP contribution < -0.4 is 0 Å². The summed E-state index contributed by atoms with van der Waals surface area (Å²) < 4.78 is 0. The molecular formula is C13H20N2O. The van der Waals surface area contributed by atoms with Gasteiger partial charge in [-0.15, -0.1) is 0 Å². The third kappa shape index (κ3) is 2.60. The van der Waals surface area contributed by atoms with Crippen LogP contribution in [0.25, 0.3) is 0 Å². The van der Waals surface area contributed by atoms with Gasteiger partial charge in [-0.2, -0.15) is 0 Å². The third-order valence-electron chi connectivity index (χ3n) is 3.51. The Balaban J connectivity index is 2.02. The lowest BCUT2D eigenvalue weighted by Gasteiger charge is -2.38. The predicted octanol–water partition coefficient (Wildman–Crippen LogP) is 1.67. The van der Waals surface area contributed by atoms with Crippen molar-refractivity contribution in [2.75, 3.05) is 13.2 Å². The highest BCUT2D eigenvalue weighted by molar-refractivity contribution is 5.04. The van der Waals surface area contributed by atoms with Crippen LogP contribution in [0.4, 0.5) is 0 Å². The molecule has 0 bridgehead atoms. The highest BCUT2D eigenvalue weighted by Crippen LogP contribution is 2.24. The van der Waals surface area contributed by atoms with Crippen LogP contribution in [0.1, 0.15) is 25.5 Å². The summed E-state index contributed by atoms with van der Waals surface area (Å²) in [4.78, 5) is 6.70. The lowest BCUT2D eigenvalue weighted by Crippen LogP contribution is -2.46. The Labute approximate surface area is 97.1 Å². The minimum Gasteiger partial charge on any atom is -0.395 e. The molecule has 2 heterocycles. The number of likely N-dealkylation sites (tertiary alicyclic amines) is 1. The van der Waals surface area contributed by atoms with Crippen molar-refractivity contribution in [1.82, 2.24) is 9.88 Å². The average Bonchev–Trinajstić information content (AvgIpc) is 2.31. The number of aliphatic hydroxyl groups is 1. The summed E-state index contributed by atoms with van der Waals surface area (Å²) in [6.07, 6.45) is 4.28. The van der Waals surface area contributed by atoms with Gasteiger partial charge in [0.15, 0.2) is 0 Å². The van der Waals surface area contributed by atoms with Gasteiger partial charge in [-0.25, -0.2) is 0 Å². The first-order valence-electron chi connectivity index (χ1n) is 6.06. The Bertz CT molecular complexity index is 315. The van der Waals surface area contributed by atoms with Gasteiger partial charge in [-0.1, -0.05) is 13.0 Å². The number of hydrogen-bond acceptors (Lipinski definition) is 3. The fourth-order valence-corrected chi connectivity index (χ4v) is 2.53. The van der Waals surface area contributed by atoms with Gasteiger partial charge >= 0.3 is 0 Å². The summed E-state index contributed by atoms with van der Waals surface area (Å²) >= 11 is 0. The van der Waals surface area contributed by atoms with E-state index >= 15 is 0 Å². The highest BCUT2D eigenvalue weighted by atomic mass is 16.3. The van der Waals surface area contributed by atoms with Crippen LogP contribution in [0.2, 0.25) is 0 Å². The van der Waals surface area contributed by atoms with Crippen LogP contribution in [0.15, 0.2) is 24.4 Å². The Morgan fingerprint density at radius 2 is 2.38 bits per heavy atom. The normalized spacial score (nSPS) is 26.9. The summed E-state index contributed by atoms with van der Waals surface area (Å²) in [5.74, 6) is 0.586. The predicted molar refractivity (Wildman–Crippen MR) is 63.9 cm³/mol. The summed E-state index contributed by atoms with van der Waals surface area (Å²) in [7, 11) is 0. The second kappa shape index (κ2) is 5.41. The maximum atomic E-state index is 9.45. The minimum absolute atomic E-state index is 0.258. The number of rotatable bonds is 3. The highest BCUT2D eigenvalue weighted by Gasteiger charge is 2.27. The van der Waals surface area contributed by atoms with Gasteiger partial charge in [0.1, 0.15) is 0 Å². The molecule has 0 spiro atoms. The third-order valence-corrected chi connectivity index (χ3v) is 3.51. The number of nitrogens with zero attached hydrogens (tertiary/aromatic N) is 2. The quantitative estimate of drug-likeness (QED) is 0.842. The minimum atomic E-state index is 0.258. The maximum Gasteiger partial charge on any atom is 0.0589 e. The lowest BCUT2D eigenvalue weighted by atomic mass is 9.91. The van der Waals surface area contributed by atoms with Crippen molar-refractivity contribution in [1.29, 1.82) is 0 Å². The summed E-state index contributed by atoms with van der Waals surface area (Å²) in [5, 5.41) is 9.45. The van der Waals surface area contributed by atoms with Gasteiger partial charge in [-0.3, -0.25) is 9.88 Å². The van der Waals surface area contributed by atoms with Gasteiger partial charge in [0.2, 0.25) is 0 Å². The summed E-state index contributed by atoms with van der Waals surface area (Å²) in [6, 6.07) is 6.30. The van der Waals surface area contributed by atoms with Gasteiger partial charge in [0.25, 0.3) is 0 Å². The SMILES string of the molecule is CC1CCCN(Cc2ccccn2)C1CO. The molecule has 1 fully saturated rings. The molecule has 16 heavy (non-hydrogen) atoms. The van der Waals surface area contributed by atoms with Crippen molar-refractivity contribution in [3.8, 4) is 0 Å². The van der Waals surface area contributed by atoms with E-state index in [9.17, 15) is 5.11 Å². The van der Waals surface area contributed by atoms with Gasteiger partial charge in [0.05, 0.1) is 12.3 Å². The number of aromatic nitrogens is 1. The van der Waals surface area contributed by atoms with E-state index in [2.05, 4.69) is 16.8 Å². The maximum absolute atomic E-state index is 9.45. The molecule has 2 unspecified atom stereocenters. The Kier molecular flexibility index (Phi) is 3.91. The van der Waals surface area contributed by atoms with E-state index in [4.69, 9.17) is 0 Å². The van der Waals surface area contributed by atoms with E-state index < -0.39 is 0 Å². The Morgan fingerprint density at radius 3 is 3.06 bits per heavy atom. The lowest BCUT2D eigenvalue weighted by molar-refractivity contribution is 0.0464. The van der Waals surface area contributed by atoms with E-state index in [0.717, 1.165) is 18.8 Å². The molecule has 0 saturated carbocycles. The molecule has 3 heteroatoms. The van der Waals surface area contributed by atoms with Crippen LogP contribution in [0.3, 0.4) is 0 Å². The van der Waals surface area contributed by atoms with E-state index in [-0.39, 0.29) is 6.61 Å². The van der Waals surface area contributed by atoms with Crippen molar-refractivity contribution in [2.45, 2.75) is 32.4 Å². The van der Waals surface area contributed by atoms with Crippen molar-refractivity contribution < 1.29 is 5.11 Å². The molecule has 88 valence electrons. The molecule has 1 N–H and O–H groups in total. The monoisotopic (exact) mass is 220 g/mol. The molecule has 1 aliphatic rings. The zero-order chi connectivity index (χ0) is 11.4. The first-order valence-corrected chi connectivity index (χ1v) is 6.06. The first-order chi connectivity index (χ1) is 7.81. The summed E-state index contributed by atoms with van der Waals surface area (Å²) in [5.41, 5.74) is 1.09. The number of hydrogen-bond donors (Lipinski definition) is 1. The average molecular weight is 220 g/mol. The van der Waals surface area contributed by atoms with Crippen molar-refractivity contribution in [3.05, 3.63) is 30.1 Å². The molecule has 0 radical (unpaired) electrons. The van der Waals surface area contributed by atoms with Crippen LogP contribution in [0, 0.1) is 5.92 Å². The van der Waals surface area contributed by atoms with E-state index in [0.29, 0.717) is 12.0 Å². The molecule has 2 atom stereocenters. The molecule has 0 aliphatic carbocycles.